The SMILES string of the molecule is C[C@@H]1CCCN(CC(=O)Nc2ccc(Cl)c(N)c2)C1. The monoisotopic (exact) mass is 281 g/mol. The molecule has 1 aliphatic rings. The van der Waals surface area contributed by atoms with E-state index in [1.165, 1.54) is 12.8 Å². The summed E-state index contributed by atoms with van der Waals surface area (Å²) in [6.07, 6.45) is 2.42. The van der Waals surface area contributed by atoms with E-state index >= 15 is 0 Å². The number of nitrogen functional groups attached to an aromatic ring is 1. The van der Waals surface area contributed by atoms with Crippen LogP contribution in [0.15, 0.2) is 18.2 Å². The normalized spacial score (nSPS) is 20.2. The third-order valence-corrected chi connectivity index (χ3v) is 3.73. The van der Waals surface area contributed by atoms with Gasteiger partial charge in [0.05, 0.1) is 17.3 Å². The van der Waals surface area contributed by atoms with Crippen LogP contribution in [0.3, 0.4) is 0 Å². The van der Waals surface area contributed by atoms with Crippen molar-refractivity contribution in [2.75, 3.05) is 30.7 Å². The summed E-state index contributed by atoms with van der Waals surface area (Å²) in [6, 6.07) is 5.13. The standard InChI is InChI=1S/C14H20ClN3O/c1-10-3-2-6-18(8-10)9-14(19)17-11-4-5-12(15)13(16)7-11/h4-5,7,10H,2-3,6,8-9,16H2,1H3,(H,17,19)/t10-/m1/s1. The van der Waals surface area contributed by atoms with Gasteiger partial charge in [-0.05, 0) is 43.5 Å². The number of benzene rings is 1. The van der Waals surface area contributed by atoms with Crippen LogP contribution in [0.1, 0.15) is 19.8 Å². The van der Waals surface area contributed by atoms with E-state index in [1.54, 1.807) is 18.2 Å². The third-order valence-electron chi connectivity index (χ3n) is 3.39. The maximum Gasteiger partial charge on any atom is 0.238 e. The predicted octanol–water partition coefficient (Wildman–Crippen LogP) is 2.59. The number of hydrogen-bond acceptors (Lipinski definition) is 3. The molecule has 1 saturated heterocycles. The fourth-order valence-electron chi connectivity index (χ4n) is 2.46. The first-order valence-corrected chi connectivity index (χ1v) is 6.99. The molecule has 104 valence electrons. The van der Waals surface area contributed by atoms with Crippen LogP contribution in [-0.2, 0) is 4.79 Å². The van der Waals surface area contributed by atoms with Gasteiger partial charge in [-0.2, -0.15) is 0 Å². The van der Waals surface area contributed by atoms with Crippen LogP contribution in [0, 0.1) is 5.92 Å². The van der Waals surface area contributed by atoms with Crippen molar-refractivity contribution < 1.29 is 4.79 Å². The van der Waals surface area contributed by atoms with E-state index in [0.29, 0.717) is 28.9 Å². The number of carbonyl (C=O) groups is 1. The average Bonchev–Trinajstić information content (AvgIpc) is 2.34. The van der Waals surface area contributed by atoms with Gasteiger partial charge in [-0.15, -0.1) is 0 Å². The molecule has 1 aromatic rings. The lowest BCUT2D eigenvalue weighted by Crippen LogP contribution is -2.39. The second kappa shape index (κ2) is 6.26. The minimum Gasteiger partial charge on any atom is -0.397 e. The second-order valence-corrected chi connectivity index (χ2v) is 5.67. The lowest BCUT2D eigenvalue weighted by molar-refractivity contribution is -0.117. The summed E-state index contributed by atoms with van der Waals surface area (Å²) in [4.78, 5) is 14.2. The minimum atomic E-state index is -0.00387. The third kappa shape index (κ3) is 4.11. The van der Waals surface area contributed by atoms with Gasteiger partial charge in [0.1, 0.15) is 0 Å². The maximum atomic E-state index is 12.0. The van der Waals surface area contributed by atoms with E-state index in [1.807, 2.05) is 0 Å². The average molecular weight is 282 g/mol. The number of nitrogens with two attached hydrogens (primary N) is 1. The van der Waals surface area contributed by atoms with Crippen LogP contribution < -0.4 is 11.1 Å². The summed E-state index contributed by atoms with van der Waals surface area (Å²) in [5, 5.41) is 3.36. The quantitative estimate of drug-likeness (QED) is 0.837. The fraction of sp³-hybridized carbons (Fsp3) is 0.500. The highest BCUT2D eigenvalue weighted by atomic mass is 35.5. The van der Waals surface area contributed by atoms with Gasteiger partial charge < -0.3 is 11.1 Å². The molecule has 0 bridgehead atoms. The number of nitrogens with one attached hydrogen (secondary N) is 1. The summed E-state index contributed by atoms with van der Waals surface area (Å²) < 4.78 is 0. The number of carbonyl (C=O) groups excluding carboxylic acids is 1. The number of rotatable bonds is 3. The molecule has 19 heavy (non-hydrogen) atoms. The minimum absolute atomic E-state index is 0.00387. The lowest BCUT2D eigenvalue weighted by atomic mass is 10.0. The van der Waals surface area contributed by atoms with Crippen molar-refractivity contribution in [2.24, 2.45) is 5.92 Å². The highest BCUT2D eigenvalue weighted by Gasteiger charge is 2.18. The van der Waals surface area contributed by atoms with Crippen LogP contribution in [0.25, 0.3) is 0 Å². The Hall–Kier alpha value is -1.26. The molecule has 1 aromatic carbocycles. The Kier molecular flexibility index (Phi) is 4.66. The molecule has 4 nitrogen and oxygen atoms in total. The highest BCUT2D eigenvalue weighted by Crippen LogP contribution is 2.22. The Morgan fingerprint density at radius 3 is 3.05 bits per heavy atom. The molecule has 1 amide bonds. The molecule has 0 spiro atoms. The number of hydrogen-bond donors (Lipinski definition) is 2. The van der Waals surface area contributed by atoms with E-state index < -0.39 is 0 Å². The molecule has 1 fully saturated rings. The maximum absolute atomic E-state index is 12.0. The predicted molar refractivity (Wildman–Crippen MR) is 79.3 cm³/mol. The molecule has 3 N–H and O–H groups in total. The van der Waals surface area contributed by atoms with E-state index in [0.717, 1.165) is 13.1 Å². The molecule has 0 aliphatic carbocycles. The van der Waals surface area contributed by atoms with Gasteiger partial charge in [0, 0.05) is 12.2 Å². The van der Waals surface area contributed by atoms with E-state index in [-0.39, 0.29) is 5.91 Å². The number of halogens is 1. The summed E-state index contributed by atoms with van der Waals surface area (Å²) in [5.74, 6) is 0.670. The van der Waals surface area contributed by atoms with Crippen molar-refractivity contribution >= 4 is 28.9 Å². The van der Waals surface area contributed by atoms with Crippen molar-refractivity contribution in [1.82, 2.24) is 4.90 Å². The van der Waals surface area contributed by atoms with Crippen molar-refractivity contribution in [3.63, 3.8) is 0 Å². The largest absolute Gasteiger partial charge is 0.397 e. The van der Waals surface area contributed by atoms with Crippen LogP contribution in [0.4, 0.5) is 11.4 Å². The van der Waals surface area contributed by atoms with Crippen LogP contribution >= 0.6 is 11.6 Å². The van der Waals surface area contributed by atoms with Gasteiger partial charge in [0.2, 0.25) is 5.91 Å². The van der Waals surface area contributed by atoms with Crippen molar-refractivity contribution in [3.8, 4) is 0 Å². The number of piperidine rings is 1. The Balaban J connectivity index is 1.88. The molecule has 1 heterocycles. The Morgan fingerprint density at radius 2 is 2.37 bits per heavy atom. The molecule has 0 aromatic heterocycles. The van der Waals surface area contributed by atoms with Crippen LogP contribution in [-0.4, -0.2) is 30.4 Å². The highest BCUT2D eigenvalue weighted by molar-refractivity contribution is 6.33. The molecular formula is C14H20ClN3O. The molecular weight excluding hydrogens is 262 g/mol. The lowest BCUT2D eigenvalue weighted by Gasteiger charge is -2.30. The number of anilines is 2. The van der Waals surface area contributed by atoms with Gasteiger partial charge in [0.15, 0.2) is 0 Å². The molecule has 5 heteroatoms. The van der Waals surface area contributed by atoms with E-state index in [9.17, 15) is 4.79 Å². The second-order valence-electron chi connectivity index (χ2n) is 5.27. The first-order valence-electron chi connectivity index (χ1n) is 6.62. The Labute approximate surface area is 118 Å². The zero-order valence-electron chi connectivity index (χ0n) is 11.2. The van der Waals surface area contributed by atoms with Gasteiger partial charge in [-0.1, -0.05) is 18.5 Å². The topological polar surface area (TPSA) is 58.4 Å². The summed E-state index contributed by atoms with van der Waals surface area (Å²) in [5.41, 5.74) is 6.87. The Morgan fingerprint density at radius 1 is 1.58 bits per heavy atom. The van der Waals surface area contributed by atoms with Crippen molar-refractivity contribution in [3.05, 3.63) is 23.2 Å². The number of amides is 1. The van der Waals surface area contributed by atoms with Gasteiger partial charge in [-0.25, -0.2) is 0 Å². The molecule has 1 atom stereocenters. The van der Waals surface area contributed by atoms with E-state index in [4.69, 9.17) is 17.3 Å². The van der Waals surface area contributed by atoms with Crippen LogP contribution in [0.2, 0.25) is 5.02 Å². The summed E-state index contributed by atoms with van der Waals surface area (Å²) in [6.45, 7) is 4.66. The number of nitrogens with zero attached hydrogens (tertiary/aromatic N) is 1. The summed E-state index contributed by atoms with van der Waals surface area (Å²) >= 11 is 5.84. The Bertz CT molecular complexity index is 464. The zero-order valence-corrected chi connectivity index (χ0v) is 11.9. The molecule has 2 rings (SSSR count). The van der Waals surface area contributed by atoms with Crippen molar-refractivity contribution in [2.45, 2.75) is 19.8 Å². The molecule has 1 aliphatic heterocycles. The smallest absolute Gasteiger partial charge is 0.238 e. The van der Waals surface area contributed by atoms with Crippen LogP contribution in [0.5, 0.6) is 0 Å². The summed E-state index contributed by atoms with van der Waals surface area (Å²) in [7, 11) is 0. The molecule has 0 radical (unpaired) electrons. The fourth-order valence-corrected chi connectivity index (χ4v) is 2.57. The zero-order chi connectivity index (χ0) is 13.8. The van der Waals surface area contributed by atoms with Crippen molar-refractivity contribution in [1.29, 1.82) is 0 Å². The van der Waals surface area contributed by atoms with Gasteiger partial charge in [-0.3, -0.25) is 9.69 Å². The first kappa shape index (κ1) is 14.2. The molecule has 0 unspecified atom stereocenters. The molecule has 0 saturated carbocycles. The van der Waals surface area contributed by atoms with Gasteiger partial charge >= 0.3 is 0 Å². The first-order chi connectivity index (χ1) is 9.04. The van der Waals surface area contributed by atoms with E-state index in [2.05, 4.69) is 17.1 Å². The number of likely N-dealkylation sites (tertiary alicyclic amines) is 1. The van der Waals surface area contributed by atoms with Gasteiger partial charge in [0.25, 0.3) is 0 Å².